The zero-order chi connectivity index (χ0) is 23.8. The number of nitrogens with zero attached hydrogens (tertiary/aromatic N) is 1. The van der Waals surface area contributed by atoms with Crippen LogP contribution >= 0.6 is 0 Å². The van der Waals surface area contributed by atoms with Gasteiger partial charge in [-0.25, -0.2) is 0 Å². The standard InChI is InChI=1S/C28H39N3O2/c1-2-3-4-5-6-7-8-9-10-11-12-13-14-15-16-17-18-19-27(32)30-24-25-31-28(33)26-20-22-29-23-21-26/h3-4,6-7,9-10,12-13,15-16,20-23H,2,5,8,11,14,17-19,24-25H2,1H3,(H,30,32)(H,31,33). The third-order valence-electron chi connectivity index (χ3n) is 4.61. The lowest BCUT2D eigenvalue weighted by Gasteiger charge is -2.06. The Labute approximate surface area is 199 Å². The third-order valence-corrected chi connectivity index (χ3v) is 4.61. The van der Waals surface area contributed by atoms with E-state index in [-0.39, 0.29) is 11.8 Å². The van der Waals surface area contributed by atoms with Crippen LogP contribution in [0.1, 0.15) is 68.6 Å². The molecule has 178 valence electrons. The average Bonchev–Trinajstić information content (AvgIpc) is 2.84. The van der Waals surface area contributed by atoms with E-state index in [2.05, 4.69) is 83.3 Å². The highest BCUT2D eigenvalue weighted by molar-refractivity contribution is 5.93. The van der Waals surface area contributed by atoms with Gasteiger partial charge >= 0.3 is 0 Å². The molecule has 33 heavy (non-hydrogen) atoms. The molecule has 2 N–H and O–H groups in total. The van der Waals surface area contributed by atoms with Crippen molar-refractivity contribution in [2.45, 2.75) is 58.3 Å². The minimum absolute atomic E-state index is 0.0144. The second kappa shape index (κ2) is 20.7. The van der Waals surface area contributed by atoms with Gasteiger partial charge in [0.15, 0.2) is 0 Å². The van der Waals surface area contributed by atoms with Crippen LogP contribution in [0.2, 0.25) is 0 Å². The van der Waals surface area contributed by atoms with Crippen LogP contribution in [-0.4, -0.2) is 29.9 Å². The first-order valence-electron chi connectivity index (χ1n) is 11.9. The Kier molecular flexibility index (Phi) is 17.4. The second-order valence-electron chi connectivity index (χ2n) is 7.44. The Bertz CT molecular complexity index is 793. The number of carbonyl (C=O) groups is 2. The van der Waals surface area contributed by atoms with E-state index in [1.54, 1.807) is 24.5 Å². The summed E-state index contributed by atoms with van der Waals surface area (Å²) >= 11 is 0. The Morgan fingerprint density at radius 1 is 0.758 bits per heavy atom. The minimum atomic E-state index is -0.162. The molecule has 0 aliphatic rings. The zero-order valence-corrected chi connectivity index (χ0v) is 19.9. The van der Waals surface area contributed by atoms with Crippen molar-refractivity contribution < 1.29 is 9.59 Å². The first-order chi connectivity index (χ1) is 16.2. The molecular weight excluding hydrogens is 410 g/mol. The Balaban J connectivity index is 1.95. The highest BCUT2D eigenvalue weighted by Gasteiger charge is 2.04. The molecule has 0 bridgehead atoms. The fourth-order valence-electron chi connectivity index (χ4n) is 2.82. The molecule has 2 amide bonds. The predicted octanol–water partition coefficient (Wildman–Crippen LogP) is 5.85. The van der Waals surface area contributed by atoms with Crippen LogP contribution in [0, 0.1) is 0 Å². The number of aromatic nitrogens is 1. The van der Waals surface area contributed by atoms with Crippen molar-refractivity contribution in [2.75, 3.05) is 13.1 Å². The summed E-state index contributed by atoms with van der Waals surface area (Å²) in [6, 6.07) is 3.31. The number of unbranched alkanes of at least 4 members (excludes halogenated alkanes) is 1. The zero-order valence-electron chi connectivity index (χ0n) is 19.9. The van der Waals surface area contributed by atoms with Crippen molar-refractivity contribution in [1.82, 2.24) is 15.6 Å². The van der Waals surface area contributed by atoms with Crippen LogP contribution in [0.5, 0.6) is 0 Å². The van der Waals surface area contributed by atoms with Crippen LogP contribution < -0.4 is 10.6 Å². The lowest BCUT2D eigenvalue weighted by atomic mass is 10.2. The van der Waals surface area contributed by atoms with Crippen molar-refractivity contribution in [1.29, 1.82) is 0 Å². The summed E-state index contributed by atoms with van der Waals surface area (Å²) in [5.74, 6) is -0.148. The number of amides is 2. The molecule has 5 heteroatoms. The topological polar surface area (TPSA) is 71.1 Å². The summed E-state index contributed by atoms with van der Waals surface area (Å²) in [4.78, 5) is 27.6. The van der Waals surface area contributed by atoms with Gasteiger partial charge in [-0.15, -0.1) is 0 Å². The van der Waals surface area contributed by atoms with Gasteiger partial charge in [-0.2, -0.15) is 0 Å². The van der Waals surface area contributed by atoms with Crippen molar-refractivity contribution in [2.24, 2.45) is 0 Å². The number of allylic oxidation sites excluding steroid dienone is 10. The fourth-order valence-corrected chi connectivity index (χ4v) is 2.82. The molecule has 0 aliphatic carbocycles. The Hall–Kier alpha value is -3.21. The van der Waals surface area contributed by atoms with Gasteiger partial charge in [0.2, 0.25) is 5.91 Å². The van der Waals surface area contributed by atoms with Crippen LogP contribution in [0.15, 0.2) is 85.3 Å². The lowest BCUT2D eigenvalue weighted by Crippen LogP contribution is -2.34. The van der Waals surface area contributed by atoms with Gasteiger partial charge in [0.25, 0.3) is 5.91 Å². The lowest BCUT2D eigenvalue weighted by molar-refractivity contribution is -0.121. The van der Waals surface area contributed by atoms with E-state index in [1.807, 2.05) is 0 Å². The summed E-state index contributed by atoms with van der Waals surface area (Å²) in [5.41, 5.74) is 0.563. The molecule has 1 aromatic heterocycles. The molecule has 1 rings (SSSR count). The molecule has 1 aromatic rings. The molecule has 0 saturated carbocycles. The molecule has 0 saturated heterocycles. The normalized spacial score (nSPS) is 12.0. The molecular formula is C28H39N3O2. The van der Waals surface area contributed by atoms with E-state index in [0.29, 0.717) is 25.1 Å². The molecule has 0 atom stereocenters. The monoisotopic (exact) mass is 449 g/mol. The van der Waals surface area contributed by atoms with Crippen LogP contribution in [0.25, 0.3) is 0 Å². The number of rotatable bonds is 17. The molecule has 0 radical (unpaired) electrons. The van der Waals surface area contributed by atoms with E-state index in [1.165, 1.54) is 0 Å². The molecule has 0 unspecified atom stereocenters. The van der Waals surface area contributed by atoms with Gasteiger partial charge in [0.1, 0.15) is 0 Å². The van der Waals surface area contributed by atoms with Gasteiger partial charge in [-0.05, 0) is 57.1 Å². The number of carbonyl (C=O) groups excluding carboxylic acids is 2. The van der Waals surface area contributed by atoms with Crippen LogP contribution in [-0.2, 0) is 4.79 Å². The SMILES string of the molecule is CCC=CCC=CCC=CCC=CCC=CCCCC(=O)NCCNC(=O)c1ccncc1. The molecule has 0 aliphatic heterocycles. The van der Waals surface area contributed by atoms with Crippen LogP contribution in [0.3, 0.4) is 0 Å². The van der Waals surface area contributed by atoms with Gasteiger partial charge < -0.3 is 10.6 Å². The maximum Gasteiger partial charge on any atom is 0.251 e. The summed E-state index contributed by atoms with van der Waals surface area (Å²) in [7, 11) is 0. The van der Waals surface area contributed by atoms with E-state index >= 15 is 0 Å². The highest BCUT2D eigenvalue weighted by Crippen LogP contribution is 2.00. The molecule has 0 spiro atoms. The molecule has 0 fully saturated rings. The summed E-state index contributed by atoms with van der Waals surface area (Å²) in [5, 5.41) is 5.60. The maximum absolute atomic E-state index is 11.9. The highest BCUT2D eigenvalue weighted by atomic mass is 16.2. The molecule has 5 nitrogen and oxygen atoms in total. The Morgan fingerprint density at radius 2 is 1.27 bits per heavy atom. The van der Waals surface area contributed by atoms with Crippen molar-refractivity contribution >= 4 is 11.8 Å². The number of pyridine rings is 1. The van der Waals surface area contributed by atoms with Crippen molar-refractivity contribution in [3.63, 3.8) is 0 Å². The summed E-state index contributed by atoms with van der Waals surface area (Å²) in [6.45, 7) is 2.98. The first kappa shape index (κ1) is 27.8. The van der Waals surface area contributed by atoms with E-state index in [0.717, 1.165) is 44.9 Å². The summed E-state index contributed by atoms with van der Waals surface area (Å²) in [6.07, 6.45) is 32.1. The maximum atomic E-state index is 11.9. The largest absolute Gasteiger partial charge is 0.354 e. The number of nitrogens with one attached hydrogen (secondary N) is 2. The average molecular weight is 450 g/mol. The second-order valence-corrected chi connectivity index (χ2v) is 7.44. The van der Waals surface area contributed by atoms with Crippen LogP contribution in [0.4, 0.5) is 0 Å². The molecule has 0 aromatic carbocycles. The van der Waals surface area contributed by atoms with Gasteiger partial charge in [0, 0.05) is 37.5 Å². The summed E-state index contributed by atoms with van der Waals surface area (Å²) < 4.78 is 0. The molecule has 1 heterocycles. The van der Waals surface area contributed by atoms with E-state index < -0.39 is 0 Å². The van der Waals surface area contributed by atoms with Gasteiger partial charge in [-0.1, -0.05) is 67.7 Å². The van der Waals surface area contributed by atoms with Gasteiger partial charge in [0.05, 0.1) is 0 Å². The number of hydrogen-bond donors (Lipinski definition) is 2. The van der Waals surface area contributed by atoms with Crippen molar-refractivity contribution in [3.8, 4) is 0 Å². The third kappa shape index (κ3) is 17.1. The smallest absolute Gasteiger partial charge is 0.251 e. The fraction of sp³-hybridized carbons (Fsp3) is 0.393. The quantitative estimate of drug-likeness (QED) is 0.231. The minimum Gasteiger partial charge on any atom is -0.354 e. The Morgan fingerprint density at radius 3 is 1.85 bits per heavy atom. The van der Waals surface area contributed by atoms with E-state index in [9.17, 15) is 9.59 Å². The van der Waals surface area contributed by atoms with Gasteiger partial charge in [-0.3, -0.25) is 14.6 Å². The van der Waals surface area contributed by atoms with E-state index in [4.69, 9.17) is 0 Å². The van der Waals surface area contributed by atoms with Crippen molar-refractivity contribution in [3.05, 3.63) is 90.9 Å². The first-order valence-corrected chi connectivity index (χ1v) is 11.9. The number of hydrogen-bond acceptors (Lipinski definition) is 3. The predicted molar refractivity (Wildman–Crippen MR) is 138 cm³/mol.